The normalized spacial score (nSPS) is 14.8. The van der Waals surface area contributed by atoms with Crippen molar-refractivity contribution in [2.75, 3.05) is 32.4 Å². The number of nitrogens with one attached hydrogen (secondary N) is 1. The molecular formula is C27H36N6O5S. The Labute approximate surface area is 231 Å². The summed E-state index contributed by atoms with van der Waals surface area (Å²) in [5.74, 6) is -1.59. The number of fused-ring (bicyclic) bond motifs is 1. The minimum Gasteiger partial charge on any atom is -0.473 e. The fourth-order valence-corrected chi connectivity index (χ4v) is 5.07. The van der Waals surface area contributed by atoms with Crippen molar-refractivity contribution in [3.05, 3.63) is 59.9 Å². The summed E-state index contributed by atoms with van der Waals surface area (Å²) in [6.07, 6.45) is 4.13. The maximum atomic E-state index is 9.10. The van der Waals surface area contributed by atoms with Crippen molar-refractivity contribution < 1.29 is 24.5 Å². The highest BCUT2D eigenvalue weighted by Crippen LogP contribution is 2.32. The van der Waals surface area contributed by atoms with E-state index in [0.717, 1.165) is 66.9 Å². The van der Waals surface area contributed by atoms with Crippen LogP contribution >= 0.6 is 11.8 Å². The number of thioether (sulfide) groups is 1. The molecule has 39 heavy (non-hydrogen) atoms. The van der Waals surface area contributed by atoms with Crippen LogP contribution in [0.3, 0.4) is 0 Å². The number of nitrogens with zero attached hydrogens (tertiary/aromatic N) is 3. The predicted molar refractivity (Wildman–Crippen MR) is 152 cm³/mol. The molecule has 11 nitrogen and oxygen atoms in total. The predicted octanol–water partition coefficient (Wildman–Crippen LogP) is 3.06. The Morgan fingerprint density at radius 2 is 1.85 bits per heavy atom. The minimum absolute atomic E-state index is 0.164. The zero-order valence-electron chi connectivity index (χ0n) is 22.0. The molecule has 0 amide bonds. The fourth-order valence-electron chi connectivity index (χ4n) is 4.09. The minimum atomic E-state index is -1.82. The van der Waals surface area contributed by atoms with Crippen molar-refractivity contribution >= 4 is 40.7 Å². The SMILES string of the molecule is CN1CCC(OC(c2cccc(SCCCCN=C(N)N)c2)c2nc3ccccc3[nH]2)CC1.O=C(O)C(=O)O. The van der Waals surface area contributed by atoms with E-state index in [2.05, 4.69) is 52.3 Å². The van der Waals surface area contributed by atoms with Crippen molar-refractivity contribution in [3.8, 4) is 0 Å². The van der Waals surface area contributed by atoms with E-state index < -0.39 is 11.9 Å². The van der Waals surface area contributed by atoms with Crippen molar-refractivity contribution in [2.45, 2.75) is 42.8 Å². The van der Waals surface area contributed by atoms with E-state index in [4.69, 9.17) is 41.0 Å². The maximum absolute atomic E-state index is 9.10. The number of nitrogens with two attached hydrogens (primary N) is 2. The molecule has 4 rings (SSSR count). The molecule has 1 aliphatic rings. The van der Waals surface area contributed by atoms with E-state index in [9.17, 15) is 0 Å². The van der Waals surface area contributed by atoms with Crippen LogP contribution in [0.25, 0.3) is 11.0 Å². The Hall–Kier alpha value is -3.61. The Kier molecular flexibility index (Phi) is 11.6. The monoisotopic (exact) mass is 556 g/mol. The number of para-hydroxylation sites is 2. The molecule has 12 heteroatoms. The zero-order chi connectivity index (χ0) is 28.2. The number of aromatic nitrogens is 2. The van der Waals surface area contributed by atoms with Gasteiger partial charge < -0.3 is 36.3 Å². The summed E-state index contributed by atoms with van der Waals surface area (Å²) in [5, 5.41) is 14.8. The largest absolute Gasteiger partial charge is 0.473 e. The highest BCUT2D eigenvalue weighted by Gasteiger charge is 2.26. The molecule has 1 aliphatic heterocycles. The lowest BCUT2D eigenvalue weighted by Gasteiger charge is -2.31. The number of guanidine groups is 1. The van der Waals surface area contributed by atoms with Gasteiger partial charge in [0.2, 0.25) is 0 Å². The highest BCUT2D eigenvalue weighted by molar-refractivity contribution is 7.99. The van der Waals surface area contributed by atoms with Gasteiger partial charge in [-0.25, -0.2) is 14.6 Å². The molecule has 1 saturated heterocycles. The summed E-state index contributed by atoms with van der Waals surface area (Å²) in [7, 11) is 2.17. The number of piperidine rings is 1. The lowest BCUT2D eigenvalue weighted by atomic mass is 10.1. The molecule has 1 aromatic heterocycles. The first-order valence-corrected chi connectivity index (χ1v) is 13.7. The van der Waals surface area contributed by atoms with Gasteiger partial charge in [-0.2, -0.15) is 0 Å². The third-order valence-electron chi connectivity index (χ3n) is 6.11. The molecular weight excluding hydrogens is 520 g/mol. The molecule has 7 N–H and O–H groups in total. The molecule has 0 spiro atoms. The number of hydrogen-bond donors (Lipinski definition) is 5. The molecule has 1 unspecified atom stereocenters. The number of aromatic amines is 1. The third-order valence-corrected chi connectivity index (χ3v) is 7.19. The number of carboxylic acid groups (broad SMARTS) is 2. The van der Waals surface area contributed by atoms with E-state index in [1.807, 2.05) is 30.0 Å². The molecule has 0 saturated carbocycles. The summed E-state index contributed by atoms with van der Waals surface area (Å²) in [6, 6.07) is 16.8. The van der Waals surface area contributed by atoms with Crippen molar-refractivity contribution in [3.63, 3.8) is 0 Å². The van der Waals surface area contributed by atoms with Crippen molar-refractivity contribution in [1.82, 2.24) is 14.9 Å². The van der Waals surface area contributed by atoms with E-state index in [1.165, 1.54) is 4.90 Å². The van der Waals surface area contributed by atoms with E-state index >= 15 is 0 Å². The zero-order valence-corrected chi connectivity index (χ0v) is 22.8. The number of benzene rings is 2. The number of carboxylic acids is 2. The van der Waals surface area contributed by atoms with Gasteiger partial charge in [0.05, 0.1) is 17.1 Å². The fraction of sp³-hybridized carbons (Fsp3) is 0.407. The number of imidazole rings is 1. The molecule has 2 aromatic carbocycles. The lowest BCUT2D eigenvalue weighted by Crippen LogP contribution is -2.35. The topological polar surface area (TPSA) is 180 Å². The van der Waals surface area contributed by atoms with Crippen LogP contribution < -0.4 is 11.5 Å². The van der Waals surface area contributed by atoms with Gasteiger partial charge in [-0.15, -0.1) is 11.8 Å². The van der Waals surface area contributed by atoms with Crippen LogP contribution in [0.1, 0.15) is 43.2 Å². The second kappa shape index (κ2) is 15.1. The van der Waals surface area contributed by atoms with Crippen LogP contribution in [0, 0.1) is 0 Å². The van der Waals surface area contributed by atoms with Gasteiger partial charge >= 0.3 is 11.9 Å². The molecule has 3 aromatic rings. The van der Waals surface area contributed by atoms with Crippen LogP contribution in [-0.4, -0.2) is 81.5 Å². The number of aliphatic carboxylic acids is 2. The smallest absolute Gasteiger partial charge is 0.414 e. The molecule has 0 radical (unpaired) electrons. The van der Waals surface area contributed by atoms with Gasteiger partial charge in [0.15, 0.2) is 5.96 Å². The average Bonchev–Trinajstić information content (AvgIpc) is 3.34. The van der Waals surface area contributed by atoms with E-state index in [0.29, 0.717) is 6.54 Å². The second-order valence-electron chi connectivity index (χ2n) is 9.20. The number of aliphatic imine (C=N–C) groups is 1. The summed E-state index contributed by atoms with van der Waals surface area (Å²) < 4.78 is 6.71. The number of H-pyrrole nitrogens is 1. The molecule has 0 aliphatic carbocycles. The number of hydrogen-bond acceptors (Lipinski definition) is 7. The Morgan fingerprint density at radius 1 is 1.13 bits per heavy atom. The van der Waals surface area contributed by atoms with Gasteiger partial charge in [-0.05, 0) is 68.3 Å². The van der Waals surface area contributed by atoms with Gasteiger partial charge in [0.1, 0.15) is 11.9 Å². The van der Waals surface area contributed by atoms with Crippen LogP contribution in [0.15, 0.2) is 58.4 Å². The molecule has 210 valence electrons. The number of unbranched alkanes of at least 4 members (excludes halogenated alkanes) is 1. The number of carbonyl (C=O) groups is 2. The summed E-state index contributed by atoms with van der Waals surface area (Å²) in [5.41, 5.74) is 13.9. The number of likely N-dealkylation sites (tertiary alicyclic amines) is 1. The third kappa shape index (κ3) is 9.89. The van der Waals surface area contributed by atoms with Crippen LogP contribution in [0.2, 0.25) is 0 Å². The summed E-state index contributed by atoms with van der Waals surface area (Å²) in [4.78, 5) is 34.2. The van der Waals surface area contributed by atoms with Gasteiger partial charge in [0, 0.05) is 24.5 Å². The van der Waals surface area contributed by atoms with E-state index in [1.54, 1.807) is 0 Å². The summed E-state index contributed by atoms with van der Waals surface area (Å²) >= 11 is 1.85. The van der Waals surface area contributed by atoms with Crippen molar-refractivity contribution in [1.29, 1.82) is 0 Å². The molecule has 0 bridgehead atoms. The number of ether oxygens (including phenoxy) is 1. The standard InChI is InChI=1S/C25H34N6OS.C2H2O4/c1-31-14-11-19(12-15-31)32-23(24-29-21-9-2-3-10-22(21)30-24)18-7-6-8-20(17-18)33-16-5-4-13-28-25(26)27;3-1(4)2(5)6/h2-3,6-10,17,19,23H,4-5,11-16H2,1H3,(H,29,30)(H4,26,27,28);(H,3,4)(H,5,6). The van der Waals surface area contributed by atoms with Crippen LogP contribution in [0.4, 0.5) is 0 Å². The molecule has 2 heterocycles. The Bertz CT molecular complexity index is 1210. The van der Waals surface area contributed by atoms with Crippen molar-refractivity contribution in [2.24, 2.45) is 16.5 Å². The lowest BCUT2D eigenvalue weighted by molar-refractivity contribution is -0.159. The van der Waals surface area contributed by atoms with Gasteiger partial charge in [-0.3, -0.25) is 4.99 Å². The van der Waals surface area contributed by atoms with Crippen LogP contribution in [-0.2, 0) is 14.3 Å². The second-order valence-corrected chi connectivity index (χ2v) is 10.4. The first kappa shape index (κ1) is 29.9. The highest BCUT2D eigenvalue weighted by atomic mass is 32.2. The molecule has 1 fully saturated rings. The van der Waals surface area contributed by atoms with Gasteiger partial charge in [0.25, 0.3) is 0 Å². The summed E-state index contributed by atoms with van der Waals surface area (Å²) in [6.45, 7) is 2.81. The number of rotatable bonds is 10. The average molecular weight is 557 g/mol. The Balaban J connectivity index is 0.000000631. The first-order valence-electron chi connectivity index (χ1n) is 12.8. The van der Waals surface area contributed by atoms with Gasteiger partial charge in [-0.1, -0.05) is 24.3 Å². The molecule has 1 atom stereocenters. The Morgan fingerprint density at radius 3 is 2.51 bits per heavy atom. The van der Waals surface area contributed by atoms with E-state index in [-0.39, 0.29) is 18.2 Å². The first-order chi connectivity index (χ1) is 18.7. The quantitative estimate of drug-likeness (QED) is 0.0818. The van der Waals surface area contributed by atoms with Crippen LogP contribution in [0.5, 0.6) is 0 Å². The maximum Gasteiger partial charge on any atom is 0.414 e.